The highest BCUT2D eigenvalue weighted by Gasteiger charge is 2.26. The number of Topliss-reactive ketones (excluding diaryl/α,β-unsaturated/α-hetero) is 2. The van der Waals surface area contributed by atoms with Gasteiger partial charge in [0.25, 0.3) is 0 Å². The SMILES string of the molecule is C#Cc1cc(CCCCCC(=O)C(C)CNC(=O)OC(C)(C)C)cc(CCCCCC(=O)C(CNC(=O)OC(C)(C)C)NC(=O)OC(C)(C)C)c1. The van der Waals surface area contributed by atoms with Crippen LogP contribution in [0.5, 0.6) is 0 Å². The standard InChI is InChI=1S/C40H63N3O8/c1-12-29-23-30(19-15-13-17-21-33(44)28(2)26-41-35(46)49-38(3,4)5)25-31(24-29)20-16-14-18-22-34(45)32(43-37(48)51-40(9,10)11)27-42-36(47)50-39(6,7)8/h1,23-25,28,32H,13-22,26-27H2,2-11H3,(H,41,46)(H,42,47)(H,43,48). The molecule has 0 spiro atoms. The number of alkyl carbamates (subject to hydrolysis) is 3. The van der Waals surface area contributed by atoms with Gasteiger partial charge in [0.2, 0.25) is 0 Å². The zero-order valence-corrected chi connectivity index (χ0v) is 32.7. The van der Waals surface area contributed by atoms with Gasteiger partial charge in [-0.1, -0.05) is 31.8 Å². The molecule has 1 aromatic rings. The van der Waals surface area contributed by atoms with Crippen LogP contribution in [0.4, 0.5) is 14.4 Å². The highest BCUT2D eigenvalue weighted by molar-refractivity contribution is 5.88. The molecule has 0 radical (unpaired) electrons. The summed E-state index contributed by atoms with van der Waals surface area (Å²) in [5, 5.41) is 7.83. The summed E-state index contributed by atoms with van der Waals surface area (Å²) in [6, 6.07) is 5.26. The number of terminal acetylenes is 1. The Balaban J connectivity index is 2.56. The maximum Gasteiger partial charge on any atom is 0.408 e. The van der Waals surface area contributed by atoms with Crippen molar-refractivity contribution in [2.45, 2.75) is 156 Å². The number of unbranched alkanes of at least 4 members (excludes halogenated alkanes) is 4. The van der Waals surface area contributed by atoms with Crippen LogP contribution in [0.15, 0.2) is 18.2 Å². The minimum atomic E-state index is -0.954. The van der Waals surface area contributed by atoms with Gasteiger partial charge in [-0.05, 0) is 124 Å². The van der Waals surface area contributed by atoms with Crippen molar-refractivity contribution in [3.8, 4) is 12.3 Å². The molecule has 2 unspecified atom stereocenters. The minimum Gasteiger partial charge on any atom is -0.444 e. The van der Waals surface area contributed by atoms with Crippen molar-refractivity contribution in [3.63, 3.8) is 0 Å². The molecular weight excluding hydrogens is 650 g/mol. The molecule has 0 aliphatic carbocycles. The number of benzene rings is 1. The molecule has 0 bridgehead atoms. The Morgan fingerprint density at radius 1 is 0.627 bits per heavy atom. The van der Waals surface area contributed by atoms with Gasteiger partial charge in [0.1, 0.15) is 28.6 Å². The molecule has 0 fully saturated rings. The third kappa shape index (κ3) is 22.4. The Kier molecular flexibility index (Phi) is 18.8. The molecular formula is C40H63N3O8. The van der Waals surface area contributed by atoms with Gasteiger partial charge < -0.3 is 30.2 Å². The molecule has 51 heavy (non-hydrogen) atoms. The van der Waals surface area contributed by atoms with E-state index in [4.69, 9.17) is 20.6 Å². The van der Waals surface area contributed by atoms with Crippen LogP contribution < -0.4 is 16.0 Å². The zero-order valence-electron chi connectivity index (χ0n) is 32.7. The second-order valence-electron chi connectivity index (χ2n) is 16.1. The predicted octanol–water partition coefficient (Wildman–Crippen LogP) is 7.59. The van der Waals surface area contributed by atoms with Crippen molar-refractivity contribution in [1.29, 1.82) is 0 Å². The van der Waals surface area contributed by atoms with Crippen molar-refractivity contribution in [3.05, 3.63) is 34.9 Å². The monoisotopic (exact) mass is 713 g/mol. The van der Waals surface area contributed by atoms with E-state index in [1.54, 1.807) is 62.3 Å². The number of carbonyl (C=O) groups is 5. The molecule has 11 heteroatoms. The topological polar surface area (TPSA) is 149 Å². The number of aryl methyl sites for hydroxylation is 2. The Morgan fingerprint density at radius 2 is 1.06 bits per heavy atom. The van der Waals surface area contributed by atoms with Crippen molar-refractivity contribution >= 4 is 29.8 Å². The van der Waals surface area contributed by atoms with Crippen LogP contribution in [-0.2, 0) is 36.6 Å². The number of rotatable bonds is 19. The van der Waals surface area contributed by atoms with Crippen LogP contribution in [0.2, 0.25) is 0 Å². The van der Waals surface area contributed by atoms with E-state index in [1.165, 1.54) is 0 Å². The Hall–Kier alpha value is -4.07. The van der Waals surface area contributed by atoms with Gasteiger partial charge in [-0.3, -0.25) is 9.59 Å². The zero-order chi connectivity index (χ0) is 38.8. The molecule has 0 aliphatic heterocycles. The van der Waals surface area contributed by atoms with Crippen LogP contribution in [0.25, 0.3) is 0 Å². The number of amides is 3. The average molecular weight is 714 g/mol. The van der Waals surface area contributed by atoms with Gasteiger partial charge in [-0.25, -0.2) is 14.4 Å². The first-order chi connectivity index (χ1) is 23.6. The summed E-state index contributed by atoms with van der Waals surface area (Å²) in [6.45, 7) is 17.8. The lowest BCUT2D eigenvalue weighted by atomic mass is 9.96. The normalized spacial score (nSPS) is 12.9. The summed E-state index contributed by atoms with van der Waals surface area (Å²) in [7, 11) is 0. The molecule has 0 aliphatic rings. The van der Waals surface area contributed by atoms with Crippen molar-refractivity contribution in [1.82, 2.24) is 16.0 Å². The molecule has 3 N–H and O–H groups in total. The fourth-order valence-corrected chi connectivity index (χ4v) is 5.02. The van der Waals surface area contributed by atoms with E-state index in [0.717, 1.165) is 61.6 Å². The number of carbonyl (C=O) groups excluding carboxylic acids is 5. The van der Waals surface area contributed by atoms with Gasteiger partial charge in [0, 0.05) is 37.4 Å². The van der Waals surface area contributed by atoms with Crippen LogP contribution in [0, 0.1) is 18.3 Å². The average Bonchev–Trinajstić information content (AvgIpc) is 2.98. The maximum atomic E-state index is 13.1. The predicted molar refractivity (Wildman–Crippen MR) is 200 cm³/mol. The number of hydrogen-bond acceptors (Lipinski definition) is 8. The third-order valence-corrected chi connectivity index (χ3v) is 7.43. The molecule has 1 rings (SSSR count). The van der Waals surface area contributed by atoms with E-state index in [0.29, 0.717) is 12.8 Å². The Bertz CT molecular complexity index is 1350. The summed E-state index contributed by atoms with van der Waals surface area (Å²) >= 11 is 0. The van der Waals surface area contributed by atoms with Crippen LogP contribution in [0.1, 0.15) is 137 Å². The third-order valence-electron chi connectivity index (χ3n) is 7.43. The van der Waals surface area contributed by atoms with Gasteiger partial charge in [-0.15, -0.1) is 6.42 Å². The van der Waals surface area contributed by atoms with Gasteiger partial charge >= 0.3 is 18.3 Å². The smallest absolute Gasteiger partial charge is 0.408 e. The van der Waals surface area contributed by atoms with E-state index in [-0.39, 0.29) is 37.0 Å². The maximum absolute atomic E-state index is 13.1. The molecule has 0 saturated carbocycles. The summed E-state index contributed by atoms with van der Waals surface area (Å²) in [5.41, 5.74) is 1.10. The number of ketones is 2. The summed E-state index contributed by atoms with van der Waals surface area (Å²) in [6.07, 6.45) is 11.0. The van der Waals surface area contributed by atoms with Crippen LogP contribution in [-0.4, -0.2) is 65.8 Å². The largest absolute Gasteiger partial charge is 0.444 e. The van der Waals surface area contributed by atoms with Crippen LogP contribution in [0.3, 0.4) is 0 Å². The molecule has 0 aromatic heterocycles. The van der Waals surface area contributed by atoms with Gasteiger partial charge in [0.05, 0.1) is 0 Å². The molecule has 3 amide bonds. The Labute approximate surface area is 306 Å². The molecule has 286 valence electrons. The summed E-state index contributed by atoms with van der Waals surface area (Å²) < 4.78 is 15.8. The first-order valence-electron chi connectivity index (χ1n) is 18.1. The lowest BCUT2D eigenvalue weighted by molar-refractivity contribution is -0.122. The first-order valence-corrected chi connectivity index (χ1v) is 18.1. The lowest BCUT2D eigenvalue weighted by Crippen LogP contribution is -2.50. The van der Waals surface area contributed by atoms with Crippen molar-refractivity contribution < 1.29 is 38.2 Å². The van der Waals surface area contributed by atoms with E-state index in [1.807, 2.05) is 19.1 Å². The fraction of sp³-hybridized carbons (Fsp3) is 0.675. The second kappa shape index (κ2) is 21.3. The van der Waals surface area contributed by atoms with E-state index in [2.05, 4.69) is 27.9 Å². The molecule has 2 atom stereocenters. The lowest BCUT2D eigenvalue weighted by Gasteiger charge is -2.24. The minimum absolute atomic E-state index is 0.114. The number of nitrogens with one attached hydrogen (secondary N) is 3. The second-order valence-corrected chi connectivity index (χ2v) is 16.1. The highest BCUT2D eigenvalue weighted by atomic mass is 16.6. The fourth-order valence-electron chi connectivity index (χ4n) is 5.02. The first kappa shape index (κ1) is 45.0. The van der Waals surface area contributed by atoms with Crippen molar-refractivity contribution in [2.24, 2.45) is 5.92 Å². The number of hydrogen-bond donors (Lipinski definition) is 3. The number of ether oxygens (including phenoxy) is 3. The molecule has 0 saturated heterocycles. The molecule has 1 aromatic carbocycles. The van der Waals surface area contributed by atoms with E-state index < -0.39 is 41.1 Å². The van der Waals surface area contributed by atoms with E-state index >= 15 is 0 Å². The quantitative estimate of drug-likeness (QED) is 0.0755. The molecule has 0 heterocycles. The van der Waals surface area contributed by atoms with Gasteiger partial charge in [0.15, 0.2) is 5.78 Å². The van der Waals surface area contributed by atoms with Gasteiger partial charge in [-0.2, -0.15) is 0 Å². The highest BCUT2D eigenvalue weighted by Crippen LogP contribution is 2.18. The summed E-state index contributed by atoms with van der Waals surface area (Å²) in [5.74, 6) is 2.39. The summed E-state index contributed by atoms with van der Waals surface area (Å²) in [4.78, 5) is 62.1. The van der Waals surface area contributed by atoms with Crippen molar-refractivity contribution in [2.75, 3.05) is 13.1 Å². The Morgan fingerprint density at radius 3 is 1.51 bits per heavy atom. The van der Waals surface area contributed by atoms with Crippen LogP contribution >= 0.6 is 0 Å². The van der Waals surface area contributed by atoms with E-state index in [9.17, 15) is 24.0 Å². The molecule has 11 nitrogen and oxygen atoms in total.